The molecule has 0 bridgehead atoms. The van der Waals surface area contributed by atoms with E-state index < -0.39 is 5.60 Å². The molecule has 2 rings (SSSR count). The standard InChI is InChI=1S/C17H24N2O2/c1-17(20,13-19(2)3)12-18-16(15-10-7-11-21-15)14-8-5-4-6-9-14/h4-11,16,18,20H,12-13H2,1-3H3. The van der Waals surface area contributed by atoms with E-state index in [4.69, 9.17) is 4.42 Å². The Morgan fingerprint density at radius 2 is 1.90 bits per heavy atom. The zero-order chi connectivity index (χ0) is 15.3. The number of aliphatic hydroxyl groups is 1. The van der Waals surface area contributed by atoms with E-state index in [9.17, 15) is 5.11 Å². The molecule has 21 heavy (non-hydrogen) atoms. The van der Waals surface area contributed by atoms with E-state index in [0.717, 1.165) is 11.3 Å². The fraction of sp³-hybridized carbons (Fsp3) is 0.412. The average Bonchev–Trinajstić information content (AvgIpc) is 2.92. The highest BCUT2D eigenvalue weighted by Gasteiger charge is 2.24. The molecule has 0 saturated carbocycles. The monoisotopic (exact) mass is 288 g/mol. The van der Waals surface area contributed by atoms with Crippen molar-refractivity contribution in [2.75, 3.05) is 27.2 Å². The van der Waals surface area contributed by atoms with Gasteiger partial charge in [0.05, 0.1) is 17.9 Å². The van der Waals surface area contributed by atoms with E-state index in [2.05, 4.69) is 17.4 Å². The van der Waals surface area contributed by atoms with Crippen molar-refractivity contribution in [3.05, 3.63) is 60.1 Å². The first-order valence-corrected chi connectivity index (χ1v) is 7.17. The molecule has 0 aliphatic carbocycles. The molecule has 0 aliphatic heterocycles. The van der Waals surface area contributed by atoms with Crippen molar-refractivity contribution in [3.8, 4) is 0 Å². The van der Waals surface area contributed by atoms with Crippen LogP contribution in [0.25, 0.3) is 0 Å². The van der Waals surface area contributed by atoms with Crippen molar-refractivity contribution in [1.82, 2.24) is 10.2 Å². The Hall–Kier alpha value is -1.62. The Labute approximate surface area is 126 Å². The predicted octanol–water partition coefficient (Wildman–Crippen LogP) is 2.27. The Balaban J connectivity index is 2.11. The first-order valence-electron chi connectivity index (χ1n) is 7.17. The summed E-state index contributed by atoms with van der Waals surface area (Å²) in [6, 6.07) is 13.9. The third-order valence-corrected chi connectivity index (χ3v) is 3.30. The van der Waals surface area contributed by atoms with Crippen molar-refractivity contribution in [2.45, 2.75) is 18.6 Å². The number of likely N-dealkylation sites (N-methyl/N-ethyl adjacent to an activating group) is 1. The van der Waals surface area contributed by atoms with Gasteiger partial charge in [-0.05, 0) is 38.7 Å². The van der Waals surface area contributed by atoms with Crippen molar-refractivity contribution in [2.24, 2.45) is 0 Å². The molecule has 0 aliphatic rings. The summed E-state index contributed by atoms with van der Waals surface area (Å²) in [6.45, 7) is 2.91. The average molecular weight is 288 g/mol. The number of nitrogens with one attached hydrogen (secondary N) is 1. The molecule has 0 radical (unpaired) electrons. The highest BCUT2D eigenvalue weighted by molar-refractivity contribution is 5.26. The number of hydrogen-bond acceptors (Lipinski definition) is 4. The van der Waals surface area contributed by atoms with Crippen LogP contribution < -0.4 is 5.32 Å². The lowest BCUT2D eigenvalue weighted by molar-refractivity contribution is 0.0318. The zero-order valence-electron chi connectivity index (χ0n) is 12.9. The Bertz CT molecular complexity index is 521. The van der Waals surface area contributed by atoms with Crippen LogP contribution >= 0.6 is 0 Å². The maximum absolute atomic E-state index is 10.4. The minimum Gasteiger partial charge on any atom is -0.467 e. The fourth-order valence-electron chi connectivity index (χ4n) is 2.54. The third kappa shape index (κ3) is 4.70. The van der Waals surface area contributed by atoms with E-state index in [0.29, 0.717) is 13.1 Å². The van der Waals surface area contributed by atoms with Gasteiger partial charge < -0.3 is 19.7 Å². The highest BCUT2D eigenvalue weighted by atomic mass is 16.3. The summed E-state index contributed by atoms with van der Waals surface area (Å²) in [5, 5.41) is 13.9. The van der Waals surface area contributed by atoms with E-state index in [1.807, 2.05) is 56.3 Å². The number of furan rings is 1. The second kappa shape index (κ2) is 6.89. The zero-order valence-corrected chi connectivity index (χ0v) is 12.9. The normalized spacial score (nSPS) is 15.9. The van der Waals surface area contributed by atoms with Crippen LogP contribution in [0.15, 0.2) is 53.1 Å². The van der Waals surface area contributed by atoms with E-state index in [1.54, 1.807) is 6.26 Å². The molecular weight excluding hydrogens is 264 g/mol. The SMILES string of the molecule is CN(C)CC(C)(O)CNC(c1ccccc1)c1ccco1. The van der Waals surface area contributed by atoms with Crippen molar-refractivity contribution in [1.29, 1.82) is 0 Å². The van der Waals surface area contributed by atoms with Crippen molar-refractivity contribution < 1.29 is 9.52 Å². The molecule has 0 saturated heterocycles. The number of nitrogens with zero attached hydrogens (tertiary/aromatic N) is 1. The van der Waals surface area contributed by atoms with Crippen LogP contribution in [0.2, 0.25) is 0 Å². The molecule has 0 amide bonds. The lowest BCUT2D eigenvalue weighted by atomic mass is 10.0. The second-order valence-corrected chi connectivity index (χ2v) is 5.97. The Morgan fingerprint density at radius 1 is 1.19 bits per heavy atom. The number of rotatable bonds is 7. The Kier molecular flexibility index (Phi) is 5.17. The molecule has 2 aromatic rings. The summed E-state index contributed by atoms with van der Waals surface area (Å²) in [7, 11) is 3.91. The molecule has 0 spiro atoms. The molecule has 0 fully saturated rings. The van der Waals surface area contributed by atoms with E-state index >= 15 is 0 Å². The first kappa shape index (κ1) is 15.8. The maximum atomic E-state index is 10.4. The van der Waals surface area contributed by atoms with Gasteiger partial charge in [0.25, 0.3) is 0 Å². The van der Waals surface area contributed by atoms with Gasteiger partial charge >= 0.3 is 0 Å². The molecule has 114 valence electrons. The van der Waals surface area contributed by atoms with Gasteiger partial charge in [0, 0.05) is 13.1 Å². The van der Waals surface area contributed by atoms with Gasteiger partial charge in [0.15, 0.2) is 0 Å². The molecule has 4 heteroatoms. The summed E-state index contributed by atoms with van der Waals surface area (Å²) in [6.07, 6.45) is 1.67. The molecule has 1 aromatic carbocycles. The van der Waals surface area contributed by atoms with Gasteiger partial charge in [-0.15, -0.1) is 0 Å². The van der Waals surface area contributed by atoms with Gasteiger partial charge in [-0.25, -0.2) is 0 Å². The van der Waals surface area contributed by atoms with Gasteiger partial charge in [-0.1, -0.05) is 30.3 Å². The Morgan fingerprint density at radius 3 is 2.48 bits per heavy atom. The molecule has 4 nitrogen and oxygen atoms in total. The largest absolute Gasteiger partial charge is 0.467 e. The molecule has 2 unspecified atom stereocenters. The second-order valence-electron chi connectivity index (χ2n) is 5.97. The summed E-state index contributed by atoms with van der Waals surface area (Å²) in [5.41, 5.74) is 0.316. The lowest BCUT2D eigenvalue weighted by Gasteiger charge is -2.29. The quantitative estimate of drug-likeness (QED) is 0.820. The summed E-state index contributed by atoms with van der Waals surface area (Å²) in [4.78, 5) is 1.98. The number of hydrogen-bond donors (Lipinski definition) is 2. The molecular formula is C17H24N2O2. The van der Waals surface area contributed by atoms with Crippen LogP contribution in [0.3, 0.4) is 0 Å². The fourth-order valence-corrected chi connectivity index (χ4v) is 2.54. The minimum absolute atomic E-state index is 0.0603. The molecule has 2 atom stereocenters. The van der Waals surface area contributed by atoms with Crippen LogP contribution in [0.4, 0.5) is 0 Å². The van der Waals surface area contributed by atoms with Gasteiger partial charge in [-0.2, -0.15) is 0 Å². The van der Waals surface area contributed by atoms with E-state index in [1.165, 1.54) is 0 Å². The van der Waals surface area contributed by atoms with Crippen LogP contribution in [0.5, 0.6) is 0 Å². The summed E-state index contributed by atoms with van der Waals surface area (Å²) >= 11 is 0. The number of benzene rings is 1. The maximum Gasteiger partial charge on any atom is 0.125 e. The predicted molar refractivity (Wildman–Crippen MR) is 84.2 cm³/mol. The van der Waals surface area contributed by atoms with Gasteiger partial charge in [0.2, 0.25) is 0 Å². The topological polar surface area (TPSA) is 48.6 Å². The molecule has 1 heterocycles. The first-order chi connectivity index (χ1) is 9.98. The van der Waals surface area contributed by atoms with Crippen LogP contribution in [-0.2, 0) is 0 Å². The summed E-state index contributed by atoms with van der Waals surface area (Å²) < 4.78 is 5.54. The van der Waals surface area contributed by atoms with Crippen LogP contribution in [0, 0.1) is 0 Å². The van der Waals surface area contributed by atoms with Gasteiger partial charge in [-0.3, -0.25) is 0 Å². The lowest BCUT2D eigenvalue weighted by Crippen LogP contribution is -2.46. The minimum atomic E-state index is -0.802. The summed E-state index contributed by atoms with van der Waals surface area (Å²) in [5.74, 6) is 0.849. The van der Waals surface area contributed by atoms with Crippen molar-refractivity contribution >= 4 is 0 Å². The highest BCUT2D eigenvalue weighted by Crippen LogP contribution is 2.22. The molecule has 1 aromatic heterocycles. The van der Waals surface area contributed by atoms with Gasteiger partial charge in [0.1, 0.15) is 5.76 Å². The smallest absolute Gasteiger partial charge is 0.125 e. The van der Waals surface area contributed by atoms with Crippen molar-refractivity contribution in [3.63, 3.8) is 0 Å². The molecule has 2 N–H and O–H groups in total. The van der Waals surface area contributed by atoms with E-state index in [-0.39, 0.29) is 6.04 Å². The van der Waals surface area contributed by atoms with Crippen LogP contribution in [0.1, 0.15) is 24.3 Å². The third-order valence-electron chi connectivity index (χ3n) is 3.30. The van der Waals surface area contributed by atoms with Crippen LogP contribution in [-0.4, -0.2) is 42.8 Å².